The molecule has 3 aromatic heterocycles. The molecule has 0 aromatic carbocycles. The van der Waals surface area contributed by atoms with Gasteiger partial charge in [-0.25, -0.2) is 24.3 Å². The number of rotatable bonds is 8. The van der Waals surface area contributed by atoms with E-state index < -0.39 is 5.82 Å². The first-order valence-corrected chi connectivity index (χ1v) is 12.4. The first-order valence-electron chi connectivity index (χ1n) is 12.4. The highest BCUT2D eigenvalue weighted by molar-refractivity contribution is 5.88. The predicted octanol–water partition coefficient (Wildman–Crippen LogP) is 5.02. The second kappa shape index (κ2) is 11.0. The third-order valence-electron chi connectivity index (χ3n) is 6.57. The minimum absolute atomic E-state index is 0.221. The minimum Gasteiger partial charge on any atom is -0.366 e. The Kier molecular flexibility index (Phi) is 7.79. The monoisotopic (exact) mass is 490 g/mol. The normalized spacial score (nSPS) is 15.0. The smallest absolute Gasteiger partial charge is 0.228 e. The number of imidazole rings is 1. The fourth-order valence-electron chi connectivity index (χ4n) is 4.64. The first-order chi connectivity index (χ1) is 17.3. The maximum absolute atomic E-state index is 14.9. The molecule has 4 heterocycles. The molecule has 8 nitrogen and oxygen atoms in total. The molecular formula is C27H35FN8. The summed E-state index contributed by atoms with van der Waals surface area (Å²) in [6.07, 6.45) is 8.41. The standard InChI is InChI=1S/C27H35FN8/c1-7-21(13-25-19(5)32-20(6)36(25)18(3)4)23-14-26(29-17-24(23)28)33-27-30-15-22(16-31-27)35-11-9-34(8-2)10-12-35/h7,13-18H,1,8-12H2,2-6H3,(H,29,30,31,33)/b21-13+. The van der Waals surface area contributed by atoms with Crippen LogP contribution in [0.5, 0.6) is 0 Å². The van der Waals surface area contributed by atoms with Crippen molar-refractivity contribution in [1.29, 1.82) is 0 Å². The molecule has 0 spiro atoms. The number of nitrogens with one attached hydrogen (secondary N) is 1. The van der Waals surface area contributed by atoms with Crippen molar-refractivity contribution in [2.24, 2.45) is 0 Å². The van der Waals surface area contributed by atoms with Crippen LogP contribution in [-0.2, 0) is 0 Å². The van der Waals surface area contributed by atoms with Crippen LogP contribution in [0.2, 0.25) is 0 Å². The van der Waals surface area contributed by atoms with Crippen LogP contribution >= 0.6 is 0 Å². The molecule has 1 aliphatic rings. The maximum Gasteiger partial charge on any atom is 0.228 e. The Bertz CT molecular complexity index is 1240. The lowest BCUT2D eigenvalue weighted by Gasteiger charge is -2.35. The number of aryl methyl sites for hydroxylation is 2. The van der Waals surface area contributed by atoms with E-state index in [4.69, 9.17) is 0 Å². The van der Waals surface area contributed by atoms with Crippen LogP contribution in [0.4, 0.5) is 21.8 Å². The van der Waals surface area contributed by atoms with Gasteiger partial charge in [0.25, 0.3) is 0 Å². The van der Waals surface area contributed by atoms with E-state index in [1.165, 1.54) is 6.20 Å². The zero-order valence-corrected chi connectivity index (χ0v) is 21.8. The second-order valence-corrected chi connectivity index (χ2v) is 9.26. The van der Waals surface area contributed by atoms with Crippen molar-refractivity contribution in [1.82, 2.24) is 29.4 Å². The first kappa shape index (κ1) is 25.5. The van der Waals surface area contributed by atoms with E-state index in [2.05, 4.69) is 67.0 Å². The summed E-state index contributed by atoms with van der Waals surface area (Å²) in [6.45, 7) is 19.3. The summed E-state index contributed by atoms with van der Waals surface area (Å²) in [5, 5.41) is 3.10. The van der Waals surface area contributed by atoms with Gasteiger partial charge in [-0.1, -0.05) is 19.6 Å². The summed E-state index contributed by atoms with van der Waals surface area (Å²) >= 11 is 0. The number of hydrogen-bond donors (Lipinski definition) is 1. The van der Waals surface area contributed by atoms with Gasteiger partial charge >= 0.3 is 0 Å². The number of hydrogen-bond acceptors (Lipinski definition) is 7. The van der Waals surface area contributed by atoms with E-state index in [0.717, 1.165) is 55.6 Å². The van der Waals surface area contributed by atoms with E-state index in [1.54, 1.807) is 12.1 Å². The summed E-state index contributed by atoms with van der Waals surface area (Å²) in [6, 6.07) is 1.88. The number of allylic oxidation sites excluding steroid dienone is 2. The largest absolute Gasteiger partial charge is 0.366 e. The molecule has 3 aromatic rings. The predicted molar refractivity (Wildman–Crippen MR) is 144 cm³/mol. The van der Waals surface area contributed by atoms with Gasteiger partial charge < -0.3 is 19.7 Å². The highest BCUT2D eigenvalue weighted by Gasteiger charge is 2.17. The zero-order valence-electron chi connectivity index (χ0n) is 21.8. The van der Waals surface area contributed by atoms with E-state index >= 15 is 0 Å². The van der Waals surface area contributed by atoms with Crippen molar-refractivity contribution in [3.8, 4) is 0 Å². The number of piperazine rings is 1. The lowest BCUT2D eigenvalue weighted by molar-refractivity contribution is 0.271. The van der Waals surface area contributed by atoms with Gasteiger partial charge in [0.15, 0.2) is 0 Å². The Morgan fingerprint density at radius 1 is 1.11 bits per heavy atom. The highest BCUT2D eigenvalue weighted by atomic mass is 19.1. The van der Waals surface area contributed by atoms with Gasteiger partial charge in [0.1, 0.15) is 17.5 Å². The summed E-state index contributed by atoms with van der Waals surface area (Å²) in [7, 11) is 0. The van der Waals surface area contributed by atoms with Gasteiger partial charge in [0.2, 0.25) is 5.95 Å². The molecule has 0 atom stereocenters. The molecule has 0 bridgehead atoms. The minimum atomic E-state index is -0.431. The van der Waals surface area contributed by atoms with Gasteiger partial charge in [0, 0.05) is 37.8 Å². The molecule has 1 fully saturated rings. The molecule has 1 saturated heterocycles. The molecule has 0 amide bonds. The molecule has 9 heteroatoms. The lowest BCUT2D eigenvalue weighted by atomic mass is 10.0. The van der Waals surface area contributed by atoms with Crippen LogP contribution in [0.1, 0.15) is 49.6 Å². The summed E-state index contributed by atoms with van der Waals surface area (Å²) < 4.78 is 17.0. The Labute approximate surface area is 212 Å². The highest BCUT2D eigenvalue weighted by Crippen LogP contribution is 2.28. The van der Waals surface area contributed by atoms with Gasteiger partial charge in [-0.05, 0) is 52.0 Å². The third-order valence-corrected chi connectivity index (χ3v) is 6.57. The summed E-state index contributed by atoms with van der Waals surface area (Å²) in [4.78, 5) is 22.4. The van der Waals surface area contributed by atoms with Crippen LogP contribution in [-0.4, -0.2) is 62.1 Å². The fraction of sp³-hybridized carbons (Fsp3) is 0.407. The Morgan fingerprint density at radius 3 is 2.42 bits per heavy atom. The average molecular weight is 491 g/mol. The quantitative estimate of drug-likeness (QED) is 0.445. The molecular weight excluding hydrogens is 455 g/mol. The van der Waals surface area contributed by atoms with Gasteiger partial charge in [0.05, 0.1) is 35.7 Å². The molecule has 190 valence electrons. The van der Waals surface area contributed by atoms with Crippen LogP contribution in [0, 0.1) is 19.7 Å². The van der Waals surface area contributed by atoms with Crippen LogP contribution < -0.4 is 10.2 Å². The van der Waals surface area contributed by atoms with Crippen LogP contribution in [0.3, 0.4) is 0 Å². The molecule has 36 heavy (non-hydrogen) atoms. The van der Waals surface area contributed by atoms with Crippen molar-refractivity contribution in [2.45, 2.75) is 40.7 Å². The van der Waals surface area contributed by atoms with Crippen molar-refractivity contribution < 1.29 is 4.39 Å². The Balaban J connectivity index is 1.55. The number of halogens is 1. The lowest BCUT2D eigenvalue weighted by Crippen LogP contribution is -2.46. The summed E-state index contributed by atoms with van der Waals surface area (Å²) in [5.41, 5.74) is 3.85. The van der Waals surface area contributed by atoms with Gasteiger partial charge in [-0.3, -0.25) is 0 Å². The van der Waals surface area contributed by atoms with Crippen molar-refractivity contribution >= 4 is 29.1 Å². The van der Waals surface area contributed by atoms with Gasteiger partial charge in [-0.15, -0.1) is 0 Å². The summed E-state index contributed by atoms with van der Waals surface area (Å²) in [5.74, 6) is 1.35. The van der Waals surface area contributed by atoms with Crippen molar-refractivity contribution in [3.63, 3.8) is 0 Å². The molecule has 1 N–H and O–H groups in total. The molecule has 4 rings (SSSR count). The van der Waals surface area contributed by atoms with Crippen LogP contribution in [0.15, 0.2) is 37.3 Å². The zero-order chi connectivity index (χ0) is 25.8. The van der Waals surface area contributed by atoms with E-state index in [1.807, 2.05) is 32.3 Å². The maximum atomic E-state index is 14.9. The molecule has 0 unspecified atom stereocenters. The number of nitrogens with zero attached hydrogens (tertiary/aromatic N) is 7. The molecule has 1 aliphatic heterocycles. The molecule has 0 aliphatic carbocycles. The van der Waals surface area contributed by atoms with E-state index in [0.29, 0.717) is 22.9 Å². The molecule has 0 saturated carbocycles. The average Bonchev–Trinajstić information content (AvgIpc) is 3.16. The van der Waals surface area contributed by atoms with E-state index in [-0.39, 0.29) is 6.04 Å². The van der Waals surface area contributed by atoms with E-state index in [9.17, 15) is 4.39 Å². The topological polar surface area (TPSA) is 75.0 Å². The Hall–Kier alpha value is -3.59. The third kappa shape index (κ3) is 5.46. The van der Waals surface area contributed by atoms with Crippen LogP contribution in [0.25, 0.3) is 11.6 Å². The van der Waals surface area contributed by atoms with Gasteiger partial charge in [-0.2, -0.15) is 0 Å². The number of pyridine rings is 1. The SMILES string of the molecule is C=C/C(=C\c1c(C)nc(C)n1C(C)C)c1cc(Nc2ncc(N3CCN(CC)CC3)cn2)ncc1F. The van der Waals surface area contributed by atoms with Crippen molar-refractivity contribution in [2.75, 3.05) is 42.9 Å². The fourth-order valence-corrected chi connectivity index (χ4v) is 4.64. The second-order valence-electron chi connectivity index (χ2n) is 9.26. The Morgan fingerprint density at radius 2 is 1.81 bits per heavy atom. The number of anilines is 3. The molecule has 0 radical (unpaired) electrons. The van der Waals surface area contributed by atoms with Crippen molar-refractivity contribution in [3.05, 3.63) is 65.9 Å². The number of aromatic nitrogens is 5. The number of likely N-dealkylation sites (N-methyl/N-ethyl adjacent to an activating group) is 1.